The fourth-order valence-electron chi connectivity index (χ4n) is 8.08. The van der Waals surface area contributed by atoms with Crippen LogP contribution < -0.4 is 20.7 Å². The number of aryl methyl sites for hydroxylation is 2. The van der Waals surface area contributed by atoms with E-state index in [1.807, 2.05) is 38.8 Å². The molecule has 0 radical (unpaired) electrons. The largest absolute Gasteiger partial charge is 0.474 e. The molecule has 49 heavy (non-hydrogen) atoms. The quantitative estimate of drug-likeness (QED) is 0.222. The number of rotatable bonds is 9. The number of aromatic nitrogens is 2. The number of nitrogens with two attached hydrogens (primary N) is 1. The summed E-state index contributed by atoms with van der Waals surface area (Å²) in [4.78, 5) is 43.0. The van der Waals surface area contributed by atoms with E-state index in [1.54, 1.807) is 18.3 Å². The lowest BCUT2D eigenvalue weighted by molar-refractivity contribution is -0.133. The summed E-state index contributed by atoms with van der Waals surface area (Å²) >= 11 is 1.66. The summed E-state index contributed by atoms with van der Waals surface area (Å²) in [7, 11) is 1.96. The second-order valence-electron chi connectivity index (χ2n) is 13.9. The molecule has 1 aliphatic heterocycles. The van der Waals surface area contributed by atoms with Gasteiger partial charge in [-0.2, -0.15) is 10.2 Å². The lowest BCUT2D eigenvalue weighted by atomic mass is 9.61. The van der Waals surface area contributed by atoms with Gasteiger partial charge in [-0.05, 0) is 104 Å². The SMILES string of the molecule is CC.CNCCC[C@H](C)[C@H](C)Oc1cc(N2C[C@H](C)N(C(C)=O)[C@@H](C)C2)nc(/C(N)=C2\CCC[C@@]3(CCCc4sc(C)c(C#N)c43)C2=O)n1.[HH]. The molecule has 2 aromatic rings. The first-order valence-corrected chi connectivity index (χ1v) is 19.0. The highest BCUT2D eigenvalue weighted by atomic mass is 32.1. The molecular weight excluding hydrogens is 635 g/mol. The molecule has 1 amide bonds. The van der Waals surface area contributed by atoms with Crippen molar-refractivity contribution < 1.29 is 15.8 Å². The van der Waals surface area contributed by atoms with Crippen LogP contribution in [0.15, 0.2) is 11.6 Å². The number of amides is 1. The normalized spacial score (nSPS) is 24.4. The number of thiophene rings is 1. The molecule has 1 spiro atoms. The molecule has 0 unspecified atom stereocenters. The highest BCUT2D eigenvalue weighted by molar-refractivity contribution is 7.12. The number of carbonyl (C=O) groups is 2. The summed E-state index contributed by atoms with van der Waals surface area (Å²) in [6.45, 7) is 18.1. The van der Waals surface area contributed by atoms with Gasteiger partial charge in [0.05, 0.1) is 16.7 Å². The summed E-state index contributed by atoms with van der Waals surface area (Å²) in [5.74, 6) is 1.75. The van der Waals surface area contributed by atoms with Gasteiger partial charge in [0.2, 0.25) is 11.8 Å². The topological polar surface area (TPSA) is 137 Å². The third kappa shape index (κ3) is 7.81. The Labute approximate surface area is 299 Å². The van der Waals surface area contributed by atoms with Crippen molar-refractivity contribution in [2.24, 2.45) is 11.7 Å². The molecule has 3 N–H and O–H groups in total. The van der Waals surface area contributed by atoms with E-state index in [0.717, 1.165) is 66.8 Å². The van der Waals surface area contributed by atoms with Gasteiger partial charge in [-0.1, -0.05) is 20.8 Å². The molecule has 2 fully saturated rings. The molecule has 5 atom stereocenters. The Morgan fingerprint density at radius 1 is 1.20 bits per heavy atom. The maximum absolute atomic E-state index is 14.6. The monoisotopic (exact) mass is 693 g/mol. The van der Waals surface area contributed by atoms with Crippen LogP contribution in [0.4, 0.5) is 5.82 Å². The second-order valence-corrected chi connectivity index (χ2v) is 15.2. The fraction of sp³-hybridized carbons (Fsp3) is 0.658. The van der Waals surface area contributed by atoms with Crippen molar-refractivity contribution in [1.82, 2.24) is 20.2 Å². The predicted molar refractivity (Wildman–Crippen MR) is 200 cm³/mol. The zero-order chi connectivity index (χ0) is 36.0. The lowest BCUT2D eigenvalue weighted by Gasteiger charge is -2.44. The zero-order valence-electron chi connectivity index (χ0n) is 31.1. The van der Waals surface area contributed by atoms with Crippen molar-refractivity contribution in [1.29, 1.82) is 5.26 Å². The summed E-state index contributed by atoms with van der Waals surface area (Å²) in [6, 6.07) is 4.27. The van der Waals surface area contributed by atoms with Crippen molar-refractivity contribution >= 4 is 34.5 Å². The maximum atomic E-state index is 14.6. The van der Waals surface area contributed by atoms with Gasteiger partial charge >= 0.3 is 0 Å². The van der Waals surface area contributed by atoms with Crippen molar-refractivity contribution in [3.63, 3.8) is 0 Å². The molecule has 270 valence electrons. The molecule has 1 saturated heterocycles. The summed E-state index contributed by atoms with van der Waals surface area (Å²) in [5, 5.41) is 13.3. The van der Waals surface area contributed by atoms with E-state index in [2.05, 4.69) is 44.0 Å². The third-order valence-corrected chi connectivity index (χ3v) is 11.7. The number of hydrogen-bond donors (Lipinski definition) is 2. The van der Waals surface area contributed by atoms with Crippen LogP contribution in [-0.4, -0.2) is 71.4 Å². The van der Waals surface area contributed by atoms with Crippen LogP contribution in [-0.2, 0) is 21.4 Å². The van der Waals surface area contributed by atoms with Gasteiger partial charge in [0.1, 0.15) is 18.0 Å². The fourth-order valence-corrected chi connectivity index (χ4v) is 9.34. The maximum Gasteiger partial charge on any atom is 0.220 e. The van der Waals surface area contributed by atoms with Crippen LogP contribution in [0.25, 0.3) is 5.70 Å². The molecule has 0 aromatic carbocycles. The summed E-state index contributed by atoms with van der Waals surface area (Å²) in [6.07, 6.45) is 6.54. The number of allylic oxidation sites excluding steroid dienone is 1. The number of Topliss-reactive ketones (excluding diaryl/α,β-unsaturated/α-hetero) is 1. The Morgan fingerprint density at radius 3 is 2.47 bits per heavy atom. The first-order valence-electron chi connectivity index (χ1n) is 18.2. The smallest absolute Gasteiger partial charge is 0.220 e. The number of fused-ring (bicyclic) bond motifs is 2. The van der Waals surface area contributed by atoms with Crippen molar-refractivity contribution in [3.05, 3.63) is 38.3 Å². The molecular formula is C38H59N7O3S. The minimum Gasteiger partial charge on any atom is -0.474 e. The molecule has 3 heterocycles. The van der Waals surface area contributed by atoms with Crippen LogP contribution in [0.2, 0.25) is 0 Å². The van der Waals surface area contributed by atoms with Gasteiger partial charge in [0, 0.05) is 54.9 Å². The van der Waals surface area contributed by atoms with Crippen LogP contribution in [0.5, 0.6) is 5.88 Å². The minimum atomic E-state index is -0.732. The molecule has 0 bridgehead atoms. The molecule has 3 aliphatic rings. The Hall–Kier alpha value is -3.49. The van der Waals surface area contributed by atoms with E-state index >= 15 is 0 Å². The van der Waals surface area contributed by atoms with E-state index in [9.17, 15) is 14.9 Å². The number of nitrogens with one attached hydrogen (secondary N) is 1. The number of carbonyl (C=O) groups excluding carboxylic acids is 2. The van der Waals surface area contributed by atoms with Gasteiger partial charge in [-0.3, -0.25) is 9.59 Å². The summed E-state index contributed by atoms with van der Waals surface area (Å²) < 4.78 is 6.49. The number of nitrogens with zero attached hydrogens (tertiary/aromatic N) is 5. The molecule has 10 nitrogen and oxygen atoms in total. The van der Waals surface area contributed by atoms with E-state index in [0.29, 0.717) is 54.1 Å². The van der Waals surface area contributed by atoms with Crippen LogP contribution in [0.1, 0.15) is 122 Å². The Kier molecular flexibility index (Phi) is 12.9. The first-order chi connectivity index (χ1) is 23.4. The van der Waals surface area contributed by atoms with Gasteiger partial charge in [-0.25, -0.2) is 4.98 Å². The molecule has 5 rings (SSSR count). The van der Waals surface area contributed by atoms with Crippen LogP contribution in [0.3, 0.4) is 0 Å². The Bertz CT molecular complexity index is 1570. The number of ketones is 1. The van der Waals surface area contributed by atoms with E-state index < -0.39 is 5.41 Å². The van der Waals surface area contributed by atoms with E-state index in [-0.39, 0.29) is 37.0 Å². The molecule has 1 saturated carbocycles. The van der Waals surface area contributed by atoms with Crippen molar-refractivity contribution in [3.8, 4) is 11.9 Å². The highest BCUT2D eigenvalue weighted by Crippen LogP contribution is 2.51. The molecule has 11 heteroatoms. The van der Waals surface area contributed by atoms with Crippen molar-refractivity contribution in [2.75, 3.05) is 31.6 Å². The highest BCUT2D eigenvalue weighted by Gasteiger charge is 2.49. The third-order valence-electron chi connectivity index (χ3n) is 10.5. The van der Waals surface area contributed by atoms with Gasteiger partial charge in [0.15, 0.2) is 11.6 Å². The standard InChI is InChI=1S/C36H51N7O3S.C2H6.H2/c1-21(11-10-16-39-7)24(4)46-31-17-30(42-19-22(2)43(26(6)44)23(3)20-42)40-35(41-31)33(38)27-12-8-14-36(34(27)45)15-9-13-29-32(36)28(18-37)25(5)47-29;1-2;/h17,21-24,39H,8-16,19-20,38H2,1-7H3;1-2H3;1H/b33-27-;;/t21-,22-,23-,24-,36-;;/m0../s1. The van der Waals surface area contributed by atoms with E-state index in [4.69, 9.17) is 20.4 Å². The van der Waals surface area contributed by atoms with Gasteiger partial charge in [-0.15, -0.1) is 11.3 Å². The summed E-state index contributed by atoms with van der Waals surface area (Å²) in [5.41, 5.74) is 8.65. The van der Waals surface area contributed by atoms with E-state index in [1.165, 1.54) is 0 Å². The lowest BCUT2D eigenvalue weighted by Crippen LogP contribution is -2.58. The average molecular weight is 694 g/mol. The Morgan fingerprint density at radius 2 is 1.86 bits per heavy atom. The predicted octanol–water partition coefficient (Wildman–Crippen LogP) is 6.54. The van der Waals surface area contributed by atoms with Gasteiger partial charge < -0.3 is 25.6 Å². The second kappa shape index (κ2) is 16.5. The minimum absolute atomic E-state index is 0. The number of nitriles is 1. The number of ether oxygens (including phenoxy) is 1. The number of piperazine rings is 1. The van der Waals surface area contributed by atoms with Gasteiger partial charge in [0.25, 0.3) is 0 Å². The molecule has 2 aliphatic carbocycles. The first kappa shape index (κ1) is 38.3. The van der Waals surface area contributed by atoms with Crippen molar-refractivity contribution in [2.45, 2.75) is 130 Å². The van der Waals surface area contributed by atoms with Crippen LogP contribution in [0, 0.1) is 24.2 Å². The van der Waals surface area contributed by atoms with Crippen LogP contribution >= 0.6 is 11.3 Å². The number of anilines is 1. The molecule has 2 aromatic heterocycles. The number of hydrogen-bond acceptors (Lipinski definition) is 10. The Balaban J connectivity index is 0.00000221. The zero-order valence-corrected chi connectivity index (χ0v) is 31.9. The average Bonchev–Trinajstić information content (AvgIpc) is 3.42.